The lowest BCUT2D eigenvalue weighted by molar-refractivity contribution is 0.469. The quantitative estimate of drug-likeness (QED) is 0.843. The molecule has 22 heavy (non-hydrogen) atoms. The number of nitrogens with zero attached hydrogens (tertiary/aromatic N) is 4. The molecular formula is C16H28ClN5. The second kappa shape index (κ2) is 8.22. The molecule has 0 aromatic carbocycles. The van der Waals surface area contributed by atoms with E-state index in [9.17, 15) is 0 Å². The summed E-state index contributed by atoms with van der Waals surface area (Å²) in [6.45, 7) is 13.6. The largest absolute Gasteiger partial charge is 0.363 e. The zero-order valence-electron chi connectivity index (χ0n) is 14.2. The van der Waals surface area contributed by atoms with Crippen LogP contribution in [0.5, 0.6) is 0 Å². The van der Waals surface area contributed by atoms with Crippen molar-refractivity contribution in [2.75, 3.05) is 5.32 Å². The predicted molar refractivity (Wildman–Crippen MR) is 93.4 cm³/mol. The van der Waals surface area contributed by atoms with Gasteiger partial charge in [-0.2, -0.15) is 10.2 Å². The van der Waals surface area contributed by atoms with Crippen LogP contribution < -0.4 is 5.32 Å². The normalized spacial score (nSPS) is 11.0. The highest BCUT2D eigenvalue weighted by atomic mass is 35.5. The van der Waals surface area contributed by atoms with E-state index in [0.29, 0.717) is 11.8 Å². The Balaban J connectivity index is 0.00000242. The molecule has 0 saturated carbocycles. The number of hydrogen-bond acceptors (Lipinski definition) is 3. The average Bonchev–Trinajstić information content (AvgIpc) is 2.93. The first kappa shape index (κ1) is 18.6. The second-order valence-corrected chi connectivity index (χ2v) is 6.50. The van der Waals surface area contributed by atoms with Crippen LogP contribution in [0, 0.1) is 18.8 Å². The molecule has 5 nitrogen and oxygen atoms in total. The summed E-state index contributed by atoms with van der Waals surface area (Å²) in [5, 5.41) is 12.4. The van der Waals surface area contributed by atoms with Gasteiger partial charge in [-0.25, -0.2) is 0 Å². The third-order valence-corrected chi connectivity index (χ3v) is 3.31. The summed E-state index contributed by atoms with van der Waals surface area (Å²) >= 11 is 0. The van der Waals surface area contributed by atoms with E-state index in [2.05, 4.69) is 71.6 Å². The lowest BCUT2D eigenvalue weighted by Crippen LogP contribution is -2.13. The minimum absolute atomic E-state index is 0. The van der Waals surface area contributed by atoms with E-state index < -0.39 is 0 Å². The van der Waals surface area contributed by atoms with Crippen LogP contribution in [0.25, 0.3) is 0 Å². The summed E-state index contributed by atoms with van der Waals surface area (Å²) in [7, 11) is 0. The van der Waals surface area contributed by atoms with Crippen LogP contribution in [0.3, 0.4) is 0 Å². The molecule has 0 spiro atoms. The number of halogens is 1. The third kappa shape index (κ3) is 5.05. The van der Waals surface area contributed by atoms with Crippen LogP contribution in [-0.2, 0) is 19.6 Å². The lowest BCUT2D eigenvalue weighted by Gasteiger charge is -2.10. The first-order chi connectivity index (χ1) is 9.95. The average molecular weight is 326 g/mol. The molecule has 2 rings (SSSR count). The lowest BCUT2D eigenvalue weighted by atomic mass is 10.2. The summed E-state index contributed by atoms with van der Waals surface area (Å²) in [5.74, 6) is 2.13. The number of aromatic nitrogens is 4. The summed E-state index contributed by atoms with van der Waals surface area (Å²) in [6, 6.07) is 4.17. The van der Waals surface area contributed by atoms with E-state index in [1.54, 1.807) is 0 Å². The molecule has 1 N–H and O–H groups in total. The summed E-state index contributed by atoms with van der Waals surface area (Å²) in [4.78, 5) is 0. The molecule has 0 aliphatic carbocycles. The van der Waals surface area contributed by atoms with Crippen molar-refractivity contribution in [1.29, 1.82) is 0 Å². The van der Waals surface area contributed by atoms with Gasteiger partial charge in [0.2, 0.25) is 0 Å². The molecule has 0 radical (unpaired) electrons. The van der Waals surface area contributed by atoms with E-state index in [1.165, 1.54) is 11.4 Å². The maximum atomic E-state index is 4.62. The number of aryl methyl sites for hydroxylation is 1. The Hall–Kier alpha value is -1.49. The van der Waals surface area contributed by atoms with Gasteiger partial charge in [-0.1, -0.05) is 27.7 Å². The number of nitrogens with one attached hydrogen (secondary N) is 1. The van der Waals surface area contributed by atoms with E-state index in [4.69, 9.17) is 0 Å². The fourth-order valence-electron chi connectivity index (χ4n) is 2.33. The predicted octanol–water partition coefficient (Wildman–Crippen LogP) is 3.73. The van der Waals surface area contributed by atoms with Gasteiger partial charge in [0.15, 0.2) is 0 Å². The monoisotopic (exact) mass is 325 g/mol. The molecular weight excluding hydrogens is 298 g/mol. The molecule has 0 fully saturated rings. The Labute approximate surface area is 139 Å². The molecule has 6 heteroatoms. The third-order valence-electron chi connectivity index (χ3n) is 3.31. The van der Waals surface area contributed by atoms with Crippen molar-refractivity contribution in [3.8, 4) is 0 Å². The first-order valence-corrected chi connectivity index (χ1v) is 7.74. The van der Waals surface area contributed by atoms with Crippen LogP contribution in [0.2, 0.25) is 0 Å². The van der Waals surface area contributed by atoms with Gasteiger partial charge in [0.1, 0.15) is 5.82 Å². The van der Waals surface area contributed by atoms with E-state index in [0.717, 1.165) is 25.5 Å². The maximum absolute atomic E-state index is 4.62. The van der Waals surface area contributed by atoms with Crippen molar-refractivity contribution >= 4 is 18.2 Å². The van der Waals surface area contributed by atoms with Crippen molar-refractivity contribution in [2.24, 2.45) is 11.8 Å². The van der Waals surface area contributed by atoms with Gasteiger partial charge in [-0.05, 0) is 24.8 Å². The van der Waals surface area contributed by atoms with Crippen molar-refractivity contribution < 1.29 is 0 Å². The molecule has 0 atom stereocenters. The second-order valence-electron chi connectivity index (χ2n) is 6.50. The Morgan fingerprint density at radius 3 is 2.36 bits per heavy atom. The Kier molecular flexibility index (Phi) is 6.94. The topological polar surface area (TPSA) is 47.7 Å². The zero-order chi connectivity index (χ0) is 15.4. The smallest absolute Gasteiger partial charge is 0.148 e. The van der Waals surface area contributed by atoms with Crippen molar-refractivity contribution in [1.82, 2.24) is 19.6 Å². The molecule has 2 heterocycles. The summed E-state index contributed by atoms with van der Waals surface area (Å²) in [5.41, 5.74) is 2.39. The maximum Gasteiger partial charge on any atom is 0.148 e. The van der Waals surface area contributed by atoms with Gasteiger partial charge in [-0.3, -0.25) is 9.36 Å². The van der Waals surface area contributed by atoms with Gasteiger partial charge < -0.3 is 5.32 Å². The molecule has 0 unspecified atom stereocenters. The molecule has 2 aromatic heterocycles. The van der Waals surface area contributed by atoms with Crippen LogP contribution in [-0.4, -0.2) is 19.6 Å². The number of hydrogen-bond donors (Lipinski definition) is 1. The van der Waals surface area contributed by atoms with E-state index in [-0.39, 0.29) is 12.4 Å². The molecule has 0 bridgehead atoms. The van der Waals surface area contributed by atoms with Crippen molar-refractivity contribution in [3.63, 3.8) is 0 Å². The summed E-state index contributed by atoms with van der Waals surface area (Å²) in [6.07, 6.45) is 1.86. The molecule has 0 amide bonds. The van der Waals surface area contributed by atoms with Gasteiger partial charge in [0, 0.05) is 31.0 Å². The van der Waals surface area contributed by atoms with Gasteiger partial charge >= 0.3 is 0 Å². The fourth-order valence-corrected chi connectivity index (χ4v) is 2.33. The SMILES string of the molecule is Cc1cc(NCc2ccnn2CC(C)C)nn1CC(C)C.Cl. The Morgan fingerprint density at radius 2 is 1.73 bits per heavy atom. The van der Waals surface area contributed by atoms with Crippen LogP contribution in [0.4, 0.5) is 5.82 Å². The Bertz CT molecular complexity index is 571. The number of anilines is 1. The summed E-state index contributed by atoms with van der Waals surface area (Å²) < 4.78 is 4.13. The highest BCUT2D eigenvalue weighted by Crippen LogP contribution is 2.12. The van der Waals surface area contributed by atoms with Crippen LogP contribution >= 0.6 is 12.4 Å². The zero-order valence-corrected chi connectivity index (χ0v) is 15.0. The minimum Gasteiger partial charge on any atom is -0.363 e. The number of rotatable bonds is 7. The van der Waals surface area contributed by atoms with E-state index >= 15 is 0 Å². The minimum atomic E-state index is 0. The highest BCUT2D eigenvalue weighted by molar-refractivity contribution is 5.85. The van der Waals surface area contributed by atoms with Crippen molar-refractivity contribution in [2.45, 2.75) is 54.3 Å². The van der Waals surface area contributed by atoms with Gasteiger partial charge in [0.25, 0.3) is 0 Å². The van der Waals surface area contributed by atoms with Gasteiger partial charge in [0.05, 0.1) is 12.2 Å². The van der Waals surface area contributed by atoms with Crippen LogP contribution in [0.1, 0.15) is 39.1 Å². The molecule has 0 saturated heterocycles. The van der Waals surface area contributed by atoms with E-state index in [1.807, 2.05) is 6.20 Å². The highest BCUT2D eigenvalue weighted by Gasteiger charge is 2.08. The van der Waals surface area contributed by atoms with Gasteiger partial charge in [-0.15, -0.1) is 12.4 Å². The molecule has 124 valence electrons. The molecule has 0 aliphatic heterocycles. The molecule has 2 aromatic rings. The van der Waals surface area contributed by atoms with Crippen LogP contribution in [0.15, 0.2) is 18.3 Å². The standard InChI is InChI=1S/C16H27N5.ClH/c1-12(2)10-20-14(5)8-16(19-20)17-9-15-6-7-18-21(15)11-13(3)4;/h6-8,12-13H,9-11H2,1-5H3,(H,17,19);1H. The van der Waals surface area contributed by atoms with Crippen molar-refractivity contribution in [3.05, 3.63) is 29.7 Å². The molecule has 0 aliphatic rings. The first-order valence-electron chi connectivity index (χ1n) is 7.74. The Morgan fingerprint density at radius 1 is 1.09 bits per heavy atom. The fraction of sp³-hybridized carbons (Fsp3) is 0.625.